The largest absolute Gasteiger partial charge is 0.493 e. The Morgan fingerprint density at radius 1 is 1.25 bits per heavy atom. The van der Waals surface area contributed by atoms with Crippen LogP contribution in [0.5, 0.6) is 11.5 Å². The summed E-state index contributed by atoms with van der Waals surface area (Å²) in [5.74, 6) is 1.19. The third-order valence-corrected chi connectivity index (χ3v) is 5.77. The number of carbonyl (C=O) groups is 1. The molecule has 146 valence electrons. The SMILES string of the molecule is CCOc1cc(/C=C/C(=O)NCc2ccc(-c3csc(C)n3)s2)ccc1OC. The lowest BCUT2D eigenvalue weighted by atomic mass is 10.2. The number of aromatic nitrogens is 1. The maximum absolute atomic E-state index is 12.1. The molecule has 2 heterocycles. The molecule has 1 amide bonds. The number of methoxy groups -OCH3 is 1. The van der Waals surface area contributed by atoms with E-state index in [9.17, 15) is 4.79 Å². The van der Waals surface area contributed by atoms with Crippen LogP contribution in [0.2, 0.25) is 0 Å². The van der Waals surface area contributed by atoms with E-state index in [0.717, 1.165) is 26.0 Å². The Morgan fingerprint density at radius 2 is 2.11 bits per heavy atom. The van der Waals surface area contributed by atoms with E-state index in [4.69, 9.17) is 9.47 Å². The number of amides is 1. The molecular weight excluding hydrogens is 392 g/mol. The first-order chi connectivity index (χ1) is 13.6. The molecule has 3 aromatic rings. The Kier molecular flexibility index (Phi) is 6.84. The standard InChI is InChI=1S/C21H22N2O3S2/c1-4-26-19-11-15(5-8-18(19)25-3)6-10-21(24)22-12-16-7-9-20(28-16)17-13-27-14(2)23-17/h5-11,13H,4,12H2,1-3H3,(H,22,24)/b10-6+. The molecular formula is C21H22N2O3S2. The highest BCUT2D eigenvalue weighted by Gasteiger charge is 2.07. The van der Waals surface area contributed by atoms with E-state index in [2.05, 4.69) is 15.7 Å². The Balaban J connectivity index is 1.57. The maximum atomic E-state index is 12.1. The van der Waals surface area contributed by atoms with Gasteiger partial charge < -0.3 is 14.8 Å². The topological polar surface area (TPSA) is 60.5 Å². The first-order valence-corrected chi connectivity index (χ1v) is 10.6. The minimum Gasteiger partial charge on any atom is -0.493 e. The average Bonchev–Trinajstić information content (AvgIpc) is 3.34. The smallest absolute Gasteiger partial charge is 0.244 e. The van der Waals surface area contributed by atoms with Gasteiger partial charge in [-0.25, -0.2) is 4.98 Å². The van der Waals surface area contributed by atoms with Crippen molar-refractivity contribution in [1.82, 2.24) is 10.3 Å². The number of thiazole rings is 1. The zero-order chi connectivity index (χ0) is 19.9. The zero-order valence-corrected chi connectivity index (χ0v) is 17.7. The Morgan fingerprint density at radius 3 is 2.82 bits per heavy atom. The fourth-order valence-electron chi connectivity index (χ4n) is 2.56. The van der Waals surface area contributed by atoms with Gasteiger partial charge in [0.1, 0.15) is 0 Å². The molecule has 0 bridgehead atoms. The lowest BCUT2D eigenvalue weighted by Crippen LogP contribution is -2.19. The average molecular weight is 415 g/mol. The Bertz CT molecular complexity index is 976. The summed E-state index contributed by atoms with van der Waals surface area (Å²) in [5, 5.41) is 6.02. The lowest BCUT2D eigenvalue weighted by molar-refractivity contribution is -0.116. The molecule has 5 nitrogen and oxygen atoms in total. The second-order valence-corrected chi connectivity index (χ2v) is 8.14. The van der Waals surface area contributed by atoms with Gasteiger partial charge in [0.05, 0.1) is 35.8 Å². The van der Waals surface area contributed by atoms with Crippen LogP contribution in [0.3, 0.4) is 0 Å². The number of thiophene rings is 1. The fourth-order valence-corrected chi connectivity index (χ4v) is 4.15. The second-order valence-electron chi connectivity index (χ2n) is 5.91. The molecule has 0 spiro atoms. The van der Waals surface area contributed by atoms with Crippen LogP contribution in [0.1, 0.15) is 22.4 Å². The van der Waals surface area contributed by atoms with Crippen molar-refractivity contribution in [3.8, 4) is 22.1 Å². The zero-order valence-electron chi connectivity index (χ0n) is 16.0. The molecule has 0 saturated heterocycles. The Hall–Kier alpha value is -2.64. The molecule has 1 aromatic carbocycles. The van der Waals surface area contributed by atoms with Crippen LogP contribution in [-0.4, -0.2) is 24.6 Å². The predicted octanol–water partition coefficient (Wildman–Crippen LogP) is 4.92. The van der Waals surface area contributed by atoms with Gasteiger partial charge in [0.15, 0.2) is 11.5 Å². The normalized spacial score (nSPS) is 11.0. The van der Waals surface area contributed by atoms with Crippen molar-refractivity contribution in [3.63, 3.8) is 0 Å². The van der Waals surface area contributed by atoms with Crippen molar-refractivity contribution in [2.45, 2.75) is 20.4 Å². The summed E-state index contributed by atoms with van der Waals surface area (Å²) in [4.78, 5) is 18.8. The van der Waals surface area contributed by atoms with Crippen molar-refractivity contribution in [1.29, 1.82) is 0 Å². The van der Waals surface area contributed by atoms with Crippen LogP contribution in [0.25, 0.3) is 16.6 Å². The molecule has 0 atom stereocenters. The van der Waals surface area contributed by atoms with Crippen LogP contribution in [0.4, 0.5) is 0 Å². The van der Waals surface area contributed by atoms with Crippen LogP contribution >= 0.6 is 22.7 Å². The molecule has 1 N–H and O–H groups in total. The highest BCUT2D eigenvalue weighted by Crippen LogP contribution is 2.29. The van der Waals surface area contributed by atoms with Crippen LogP contribution in [-0.2, 0) is 11.3 Å². The van der Waals surface area contributed by atoms with Gasteiger partial charge in [-0.3, -0.25) is 4.79 Å². The first-order valence-electron chi connectivity index (χ1n) is 8.87. The number of hydrogen-bond acceptors (Lipinski definition) is 6. The number of hydrogen-bond donors (Lipinski definition) is 1. The van der Waals surface area contributed by atoms with E-state index in [-0.39, 0.29) is 5.91 Å². The molecule has 0 fully saturated rings. The number of benzene rings is 1. The lowest BCUT2D eigenvalue weighted by Gasteiger charge is -2.09. The number of nitrogens with zero attached hydrogens (tertiary/aromatic N) is 1. The fraction of sp³-hybridized carbons (Fsp3) is 0.238. The van der Waals surface area contributed by atoms with Gasteiger partial charge in [-0.05, 0) is 49.8 Å². The highest BCUT2D eigenvalue weighted by molar-refractivity contribution is 7.16. The predicted molar refractivity (Wildman–Crippen MR) is 115 cm³/mol. The van der Waals surface area contributed by atoms with Gasteiger partial charge in [0.25, 0.3) is 0 Å². The molecule has 0 unspecified atom stereocenters. The molecule has 0 aliphatic rings. The third-order valence-electron chi connectivity index (χ3n) is 3.88. The van der Waals surface area contributed by atoms with Gasteiger partial charge in [0, 0.05) is 16.3 Å². The van der Waals surface area contributed by atoms with E-state index < -0.39 is 0 Å². The molecule has 0 radical (unpaired) electrons. The third kappa shape index (κ3) is 5.21. The molecule has 0 aliphatic carbocycles. The van der Waals surface area contributed by atoms with Crippen LogP contribution < -0.4 is 14.8 Å². The minimum atomic E-state index is -0.145. The molecule has 2 aromatic heterocycles. The quantitative estimate of drug-likeness (QED) is 0.532. The summed E-state index contributed by atoms with van der Waals surface area (Å²) >= 11 is 3.28. The van der Waals surface area contributed by atoms with Gasteiger partial charge in [0.2, 0.25) is 5.91 Å². The van der Waals surface area contributed by atoms with Gasteiger partial charge >= 0.3 is 0 Å². The Labute approximate surface area is 172 Å². The second kappa shape index (κ2) is 9.52. The molecule has 28 heavy (non-hydrogen) atoms. The summed E-state index contributed by atoms with van der Waals surface area (Å²) in [6, 6.07) is 9.63. The number of rotatable bonds is 8. The van der Waals surface area contributed by atoms with Crippen molar-refractivity contribution in [3.05, 3.63) is 57.2 Å². The number of carbonyl (C=O) groups excluding carboxylic acids is 1. The summed E-state index contributed by atoms with van der Waals surface area (Å²) in [5.41, 5.74) is 1.87. The summed E-state index contributed by atoms with van der Waals surface area (Å²) in [7, 11) is 1.60. The van der Waals surface area contributed by atoms with Crippen LogP contribution in [0, 0.1) is 6.92 Å². The number of ether oxygens (including phenoxy) is 2. The van der Waals surface area contributed by atoms with E-state index in [0.29, 0.717) is 24.7 Å². The molecule has 0 saturated carbocycles. The van der Waals surface area contributed by atoms with Gasteiger partial charge in [-0.2, -0.15) is 0 Å². The maximum Gasteiger partial charge on any atom is 0.244 e. The van der Waals surface area contributed by atoms with E-state index >= 15 is 0 Å². The summed E-state index contributed by atoms with van der Waals surface area (Å²) in [6.07, 6.45) is 3.28. The van der Waals surface area contributed by atoms with Crippen molar-refractivity contribution < 1.29 is 14.3 Å². The monoisotopic (exact) mass is 414 g/mol. The van der Waals surface area contributed by atoms with E-state index in [1.807, 2.05) is 44.2 Å². The van der Waals surface area contributed by atoms with Gasteiger partial charge in [-0.1, -0.05) is 6.07 Å². The molecule has 0 aliphatic heterocycles. The number of aryl methyl sites for hydroxylation is 1. The minimum absolute atomic E-state index is 0.145. The summed E-state index contributed by atoms with van der Waals surface area (Å²) < 4.78 is 10.8. The van der Waals surface area contributed by atoms with Crippen molar-refractivity contribution in [2.75, 3.05) is 13.7 Å². The van der Waals surface area contributed by atoms with E-state index in [1.165, 1.54) is 6.08 Å². The highest BCUT2D eigenvalue weighted by atomic mass is 32.1. The van der Waals surface area contributed by atoms with Crippen LogP contribution in [0.15, 0.2) is 41.8 Å². The molecule has 7 heteroatoms. The van der Waals surface area contributed by atoms with E-state index in [1.54, 1.807) is 35.9 Å². The van der Waals surface area contributed by atoms with Gasteiger partial charge in [-0.15, -0.1) is 22.7 Å². The number of nitrogens with one attached hydrogen (secondary N) is 1. The summed E-state index contributed by atoms with van der Waals surface area (Å²) in [6.45, 7) is 4.95. The molecule has 3 rings (SSSR count). The van der Waals surface area contributed by atoms with Crippen molar-refractivity contribution >= 4 is 34.7 Å². The van der Waals surface area contributed by atoms with Crippen molar-refractivity contribution in [2.24, 2.45) is 0 Å². The first kappa shape index (κ1) is 20.1.